The van der Waals surface area contributed by atoms with Gasteiger partial charge in [0.2, 0.25) is 6.04 Å². The summed E-state index contributed by atoms with van der Waals surface area (Å²) in [6.07, 6.45) is 1.94. The first-order chi connectivity index (χ1) is 9.09. The van der Waals surface area contributed by atoms with Gasteiger partial charge in [0.05, 0.1) is 0 Å². The van der Waals surface area contributed by atoms with E-state index in [0.717, 1.165) is 11.4 Å². The highest BCUT2D eigenvalue weighted by molar-refractivity contribution is 5.92. The Morgan fingerprint density at radius 1 is 1.11 bits per heavy atom. The number of hydrogen-bond donors (Lipinski definition) is 1. The zero-order valence-electron chi connectivity index (χ0n) is 11.6. The Morgan fingerprint density at radius 2 is 1.79 bits per heavy atom. The van der Waals surface area contributed by atoms with Crippen molar-refractivity contribution in [2.24, 2.45) is 0 Å². The summed E-state index contributed by atoms with van der Waals surface area (Å²) in [5, 5.41) is 2.93. The van der Waals surface area contributed by atoms with E-state index in [1.54, 1.807) is 0 Å². The number of para-hydroxylation sites is 1. The second kappa shape index (κ2) is 5.65. The smallest absolute Gasteiger partial charge is 0.293 e. The maximum Gasteiger partial charge on any atom is 0.293 e. The summed E-state index contributed by atoms with van der Waals surface area (Å²) in [7, 11) is 0. The van der Waals surface area contributed by atoms with Crippen molar-refractivity contribution >= 4 is 11.6 Å². The zero-order valence-corrected chi connectivity index (χ0v) is 11.6. The molecule has 0 bridgehead atoms. The van der Waals surface area contributed by atoms with Gasteiger partial charge in [-0.1, -0.05) is 18.2 Å². The van der Waals surface area contributed by atoms with Crippen LogP contribution in [0.2, 0.25) is 0 Å². The van der Waals surface area contributed by atoms with Crippen LogP contribution in [-0.2, 0) is 4.79 Å². The maximum absolute atomic E-state index is 12.2. The minimum Gasteiger partial charge on any atom is -0.320 e. The standard InChI is InChI=1S/C16H18N2O/c1-12-8-7-11-18(13(12)2)14(3)16(19)17-15-9-5-4-6-10-15/h4-11,14H,1-3H3/p+1/t14-/m0/s1. The van der Waals surface area contributed by atoms with E-state index >= 15 is 0 Å². The van der Waals surface area contributed by atoms with E-state index in [9.17, 15) is 4.79 Å². The molecule has 0 aliphatic rings. The minimum atomic E-state index is -0.236. The molecule has 1 aromatic heterocycles. The SMILES string of the molecule is Cc1ccc[n+]([C@@H](C)C(=O)Nc2ccccc2)c1C. The van der Waals surface area contributed by atoms with Crippen LogP contribution in [0.1, 0.15) is 24.2 Å². The number of nitrogens with one attached hydrogen (secondary N) is 1. The van der Waals surface area contributed by atoms with Crippen molar-refractivity contribution in [1.29, 1.82) is 0 Å². The molecule has 0 saturated heterocycles. The summed E-state index contributed by atoms with van der Waals surface area (Å²) in [6.45, 7) is 5.99. The molecule has 3 nitrogen and oxygen atoms in total. The Hall–Kier alpha value is -2.16. The largest absolute Gasteiger partial charge is 0.320 e. The van der Waals surface area contributed by atoms with Gasteiger partial charge in [0.15, 0.2) is 11.9 Å². The third-order valence-corrected chi connectivity index (χ3v) is 3.39. The zero-order chi connectivity index (χ0) is 13.8. The molecule has 0 saturated carbocycles. The van der Waals surface area contributed by atoms with E-state index in [2.05, 4.69) is 5.32 Å². The Balaban J connectivity index is 2.17. The van der Waals surface area contributed by atoms with Crippen molar-refractivity contribution in [3.63, 3.8) is 0 Å². The molecule has 0 spiro atoms. The molecule has 0 unspecified atom stereocenters. The van der Waals surface area contributed by atoms with Gasteiger partial charge < -0.3 is 5.32 Å². The fourth-order valence-electron chi connectivity index (χ4n) is 2.03. The number of hydrogen-bond acceptors (Lipinski definition) is 1. The number of carbonyl (C=O) groups is 1. The third-order valence-electron chi connectivity index (χ3n) is 3.39. The molecule has 0 aliphatic carbocycles. The lowest BCUT2D eigenvalue weighted by Crippen LogP contribution is -2.47. The Morgan fingerprint density at radius 3 is 2.47 bits per heavy atom. The van der Waals surface area contributed by atoms with E-state index < -0.39 is 0 Å². The summed E-state index contributed by atoms with van der Waals surface area (Å²) >= 11 is 0. The van der Waals surface area contributed by atoms with Crippen molar-refractivity contribution in [1.82, 2.24) is 0 Å². The van der Waals surface area contributed by atoms with Gasteiger partial charge in [-0.05, 0) is 25.1 Å². The second-order valence-electron chi connectivity index (χ2n) is 4.72. The quantitative estimate of drug-likeness (QED) is 0.841. The van der Waals surface area contributed by atoms with Gasteiger partial charge in [0.25, 0.3) is 5.91 Å². The van der Waals surface area contributed by atoms with Crippen LogP contribution in [0.4, 0.5) is 5.69 Å². The molecule has 19 heavy (non-hydrogen) atoms. The topological polar surface area (TPSA) is 33.0 Å². The van der Waals surface area contributed by atoms with Gasteiger partial charge in [-0.25, -0.2) is 0 Å². The highest BCUT2D eigenvalue weighted by atomic mass is 16.2. The molecule has 1 aromatic carbocycles. The molecular formula is C16H19N2O+. The van der Waals surface area contributed by atoms with Gasteiger partial charge in [-0.3, -0.25) is 4.79 Å². The van der Waals surface area contributed by atoms with Crippen LogP contribution in [0.5, 0.6) is 0 Å². The normalized spacial score (nSPS) is 11.9. The van der Waals surface area contributed by atoms with Gasteiger partial charge in [-0.15, -0.1) is 0 Å². The van der Waals surface area contributed by atoms with Gasteiger partial charge >= 0.3 is 0 Å². The number of amides is 1. The lowest BCUT2D eigenvalue weighted by Gasteiger charge is -2.11. The molecule has 0 aliphatic heterocycles. The van der Waals surface area contributed by atoms with Gasteiger partial charge in [0.1, 0.15) is 0 Å². The van der Waals surface area contributed by atoms with E-state index in [1.807, 2.05) is 74.0 Å². The first kappa shape index (κ1) is 13.3. The lowest BCUT2D eigenvalue weighted by atomic mass is 10.2. The fraction of sp³-hybridized carbons (Fsp3) is 0.250. The average molecular weight is 255 g/mol. The highest BCUT2D eigenvalue weighted by Gasteiger charge is 2.24. The molecule has 0 radical (unpaired) electrons. The molecule has 98 valence electrons. The number of aromatic nitrogens is 1. The molecule has 2 rings (SSSR count). The second-order valence-corrected chi connectivity index (χ2v) is 4.72. The first-order valence-electron chi connectivity index (χ1n) is 6.43. The number of benzene rings is 1. The number of pyridine rings is 1. The van der Waals surface area contributed by atoms with Crippen LogP contribution in [0.25, 0.3) is 0 Å². The minimum absolute atomic E-state index is 0.00935. The molecular weight excluding hydrogens is 236 g/mol. The number of rotatable bonds is 3. The van der Waals surface area contributed by atoms with Crippen LogP contribution in [0.3, 0.4) is 0 Å². The van der Waals surface area contributed by atoms with Crippen LogP contribution in [-0.4, -0.2) is 5.91 Å². The summed E-state index contributed by atoms with van der Waals surface area (Å²) in [5.74, 6) is -0.00935. The van der Waals surface area contributed by atoms with Crippen molar-refractivity contribution in [2.45, 2.75) is 26.8 Å². The number of aryl methyl sites for hydroxylation is 1. The summed E-state index contributed by atoms with van der Waals surface area (Å²) in [5.41, 5.74) is 3.12. The van der Waals surface area contributed by atoms with Gasteiger partial charge in [-0.2, -0.15) is 4.57 Å². The van der Waals surface area contributed by atoms with E-state index in [-0.39, 0.29) is 11.9 Å². The predicted octanol–water partition coefficient (Wildman–Crippen LogP) is 2.79. The molecule has 1 N–H and O–H groups in total. The van der Waals surface area contributed by atoms with Crippen LogP contribution >= 0.6 is 0 Å². The molecule has 1 heterocycles. The van der Waals surface area contributed by atoms with E-state index in [4.69, 9.17) is 0 Å². The van der Waals surface area contributed by atoms with E-state index in [1.165, 1.54) is 5.56 Å². The number of anilines is 1. The first-order valence-corrected chi connectivity index (χ1v) is 6.43. The average Bonchev–Trinajstić information content (AvgIpc) is 2.42. The Labute approximate surface area is 113 Å². The molecule has 3 heteroatoms. The van der Waals surface area contributed by atoms with Crippen molar-refractivity contribution in [2.75, 3.05) is 5.32 Å². The van der Waals surface area contributed by atoms with Crippen molar-refractivity contribution in [3.05, 3.63) is 59.9 Å². The lowest BCUT2D eigenvalue weighted by molar-refractivity contribution is -0.711. The summed E-state index contributed by atoms with van der Waals surface area (Å²) in [4.78, 5) is 12.2. The Bertz CT molecular complexity index is 579. The van der Waals surface area contributed by atoms with Gasteiger partial charge in [0, 0.05) is 31.2 Å². The van der Waals surface area contributed by atoms with Crippen LogP contribution in [0, 0.1) is 13.8 Å². The molecule has 1 amide bonds. The maximum atomic E-state index is 12.2. The Kier molecular flexibility index (Phi) is 3.95. The summed E-state index contributed by atoms with van der Waals surface area (Å²) in [6, 6.07) is 13.3. The third kappa shape index (κ3) is 2.99. The van der Waals surface area contributed by atoms with Crippen molar-refractivity contribution < 1.29 is 9.36 Å². The molecule has 2 aromatic rings. The number of nitrogens with zero attached hydrogens (tertiary/aromatic N) is 1. The highest BCUT2D eigenvalue weighted by Crippen LogP contribution is 2.09. The van der Waals surface area contributed by atoms with Crippen LogP contribution in [0.15, 0.2) is 48.7 Å². The predicted molar refractivity (Wildman–Crippen MR) is 75.9 cm³/mol. The fourth-order valence-corrected chi connectivity index (χ4v) is 2.03. The molecule has 0 fully saturated rings. The van der Waals surface area contributed by atoms with E-state index in [0.29, 0.717) is 0 Å². The van der Waals surface area contributed by atoms with Crippen LogP contribution < -0.4 is 9.88 Å². The number of carbonyl (C=O) groups excluding carboxylic acids is 1. The molecule has 1 atom stereocenters. The summed E-state index contributed by atoms with van der Waals surface area (Å²) < 4.78 is 1.99. The van der Waals surface area contributed by atoms with Crippen molar-refractivity contribution in [3.8, 4) is 0 Å². The monoisotopic (exact) mass is 255 g/mol.